The van der Waals surface area contributed by atoms with Crippen molar-refractivity contribution in [2.24, 2.45) is 5.92 Å². The second-order valence-corrected chi connectivity index (χ2v) is 4.98. The van der Waals surface area contributed by atoms with Crippen molar-refractivity contribution in [2.75, 3.05) is 26.4 Å². The molecule has 3 heteroatoms. The van der Waals surface area contributed by atoms with Crippen LogP contribution in [-0.4, -0.2) is 32.2 Å². The van der Waals surface area contributed by atoms with Gasteiger partial charge >= 0.3 is 0 Å². The smallest absolute Gasteiger partial charge is 0.168 e. The first-order chi connectivity index (χ1) is 7.85. The highest BCUT2D eigenvalue weighted by Gasteiger charge is 2.40. The van der Waals surface area contributed by atoms with Gasteiger partial charge in [-0.2, -0.15) is 0 Å². The molecule has 1 heterocycles. The highest BCUT2D eigenvalue weighted by atomic mass is 16.7. The molecule has 0 aromatic carbocycles. The topological polar surface area (TPSA) is 27.7 Å². The molecular formula is C13H24O3. The SMILES string of the molecule is CCCCOCC1CCC2(CC1)OCCO2. The Bertz CT molecular complexity index is 189. The van der Waals surface area contributed by atoms with E-state index in [1.165, 1.54) is 25.7 Å². The molecule has 1 spiro atoms. The molecule has 2 rings (SSSR count). The summed E-state index contributed by atoms with van der Waals surface area (Å²) < 4.78 is 17.1. The summed E-state index contributed by atoms with van der Waals surface area (Å²) in [6, 6.07) is 0. The average Bonchev–Trinajstić information content (AvgIpc) is 2.76. The second kappa shape index (κ2) is 5.99. The minimum Gasteiger partial charge on any atom is -0.381 e. The Morgan fingerprint density at radius 2 is 1.88 bits per heavy atom. The molecule has 16 heavy (non-hydrogen) atoms. The van der Waals surface area contributed by atoms with Crippen molar-refractivity contribution in [2.45, 2.75) is 51.2 Å². The molecule has 0 radical (unpaired) electrons. The van der Waals surface area contributed by atoms with Gasteiger partial charge in [0.1, 0.15) is 0 Å². The van der Waals surface area contributed by atoms with Crippen molar-refractivity contribution in [1.29, 1.82) is 0 Å². The van der Waals surface area contributed by atoms with Crippen LogP contribution in [0.3, 0.4) is 0 Å². The highest BCUT2D eigenvalue weighted by Crippen LogP contribution is 2.38. The van der Waals surface area contributed by atoms with Gasteiger partial charge in [-0.1, -0.05) is 13.3 Å². The zero-order valence-corrected chi connectivity index (χ0v) is 10.4. The Balaban J connectivity index is 1.61. The van der Waals surface area contributed by atoms with E-state index in [-0.39, 0.29) is 5.79 Å². The molecule has 0 unspecified atom stereocenters. The van der Waals surface area contributed by atoms with Gasteiger partial charge in [-0.15, -0.1) is 0 Å². The van der Waals surface area contributed by atoms with Gasteiger partial charge in [0.05, 0.1) is 13.2 Å². The van der Waals surface area contributed by atoms with E-state index in [0.29, 0.717) is 0 Å². The van der Waals surface area contributed by atoms with Crippen LogP contribution >= 0.6 is 0 Å². The third kappa shape index (κ3) is 3.19. The Kier molecular flexibility index (Phi) is 4.62. The van der Waals surface area contributed by atoms with E-state index in [1.807, 2.05) is 0 Å². The molecular weight excluding hydrogens is 204 g/mol. The molecule has 0 atom stereocenters. The maximum atomic E-state index is 5.71. The first-order valence-corrected chi connectivity index (χ1v) is 6.70. The molecule has 1 aliphatic heterocycles. The zero-order valence-electron chi connectivity index (χ0n) is 10.4. The number of rotatable bonds is 5. The van der Waals surface area contributed by atoms with Crippen LogP contribution in [0.2, 0.25) is 0 Å². The van der Waals surface area contributed by atoms with Crippen molar-refractivity contribution >= 4 is 0 Å². The molecule has 1 aliphatic carbocycles. The first-order valence-electron chi connectivity index (χ1n) is 6.70. The Morgan fingerprint density at radius 1 is 1.19 bits per heavy atom. The number of ether oxygens (including phenoxy) is 3. The zero-order chi connectivity index (χ0) is 11.3. The van der Waals surface area contributed by atoms with Crippen LogP contribution in [0.25, 0.3) is 0 Å². The monoisotopic (exact) mass is 228 g/mol. The maximum Gasteiger partial charge on any atom is 0.168 e. The number of hydrogen-bond donors (Lipinski definition) is 0. The van der Waals surface area contributed by atoms with Gasteiger partial charge in [0.2, 0.25) is 0 Å². The lowest BCUT2D eigenvalue weighted by molar-refractivity contribution is -0.184. The minimum atomic E-state index is -0.208. The summed E-state index contributed by atoms with van der Waals surface area (Å²) in [7, 11) is 0. The van der Waals surface area contributed by atoms with Crippen LogP contribution in [0.1, 0.15) is 45.4 Å². The predicted molar refractivity (Wildman–Crippen MR) is 62.3 cm³/mol. The maximum absolute atomic E-state index is 5.71. The Hall–Kier alpha value is -0.120. The van der Waals surface area contributed by atoms with Gasteiger partial charge < -0.3 is 14.2 Å². The van der Waals surface area contributed by atoms with Crippen LogP contribution in [0.4, 0.5) is 0 Å². The lowest BCUT2D eigenvalue weighted by Gasteiger charge is -2.35. The molecule has 94 valence electrons. The molecule has 0 aromatic rings. The first kappa shape index (κ1) is 12.3. The number of unbranched alkanes of at least 4 members (excludes halogenated alkanes) is 1. The summed E-state index contributed by atoms with van der Waals surface area (Å²) in [5, 5.41) is 0. The highest BCUT2D eigenvalue weighted by molar-refractivity contribution is 4.82. The van der Waals surface area contributed by atoms with Crippen molar-refractivity contribution in [1.82, 2.24) is 0 Å². The second-order valence-electron chi connectivity index (χ2n) is 4.98. The van der Waals surface area contributed by atoms with Crippen molar-refractivity contribution in [3.05, 3.63) is 0 Å². The molecule has 2 aliphatic rings. The third-order valence-corrected chi connectivity index (χ3v) is 3.68. The third-order valence-electron chi connectivity index (χ3n) is 3.68. The van der Waals surface area contributed by atoms with Crippen LogP contribution in [0.15, 0.2) is 0 Å². The Labute approximate surface area is 98.4 Å². The normalized spacial score (nSPS) is 25.3. The lowest BCUT2D eigenvalue weighted by Crippen LogP contribution is -2.36. The van der Waals surface area contributed by atoms with Crippen LogP contribution in [0.5, 0.6) is 0 Å². The molecule has 1 saturated heterocycles. The summed E-state index contributed by atoms with van der Waals surface area (Å²) >= 11 is 0. The van der Waals surface area contributed by atoms with Crippen molar-refractivity contribution in [3.63, 3.8) is 0 Å². The summed E-state index contributed by atoms with van der Waals surface area (Å²) in [5.74, 6) is 0.509. The van der Waals surface area contributed by atoms with Gasteiger partial charge in [0.25, 0.3) is 0 Å². The summed E-state index contributed by atoms with van der Waals surface area (Å²) in [6.07, 6.45) is 6.88. The standard InChI is InChI=1S/C13H24O3/c1-2-3-8-14-11-12-4-6-13(7-5-12)15-9-10-16-13/h12H,2-11H2,1H3. The predicted octanol–water partition coefficient (Wildman–Crippen LogP) is 2.74. The van der Waals surface area contributed by atoms with Crippen molar-refractivity contribution in [3.8, 4) is 0 Å². The molecule has 0 N–H and O–H groups in total. The minimum absolute atomic E-state index is 0.208. The Morgan fingerprint density at radius 3 is 2.50 bits per heavy atom. The van der Waals surface area contributed by atoms with Crippen LogP contribution < -0.4 is 0 Å². The fraction of sp³-hybridized carbons (Fsp3) is 1.00. The molecule has 0 aromatic heterocycles. The van der Waals surface area contributed by atoms with E-state index < -0.39 is 0 Å². The van der Waals surface area contributed by atoms with Crippen LogP contribution in [0, 0.1) is 5.92 Å². The quantitative estimate of drug-likeness (QED) is 0.677. The molecule has 3 nitrogen and oxygen atoms in total. The summed E-state index contributed by atoms with van der Waals surface area (Å²) in [4.78, 5) is 0. The van der Waals surface area contributed by atoms with E-state index in [0.717, 1.165) is 45.2 Å². The largest absolute Gasteiger partial charge is 0.381 e. The van der Waals surface area contributed by atoms with Gasteiger partial charge in [0, 0.05) is 26.1 Å². The lowest BCUT2D eigenvalue weighted by atomic mass is 9.85. The van der Waals surface area contributed by atoms with Crippen LogP contribution in [-0.2, 0) is 14.2 Å². The van der Waals surface area contributed by atoms with Gasteiger partial charge in [0.15, 0.2) is 5.79 Å². The van der Waals surface area contributed by atoms with Gasteiger partial charge in [-0.05, 0) is 25.2 Å². The fourth-order valence-electron chi connectivity index (χ4n) is 2.57. The van der Waals surface area contributed by atoms with E-state index in [9.17, 15) is 0 Å². The average molecular weight is 228 g/mol. The van der Waals surface area contributed by atoms with Crippen molar-refractivity contribution < 1.29 is 14.2 Å². The van der Waals surface area contributed by atoms with E-state index >= 15 is 0 Å². The van der Waals surface area contributed by atoms with Gasteiger partial charge in [-0.3, -0.25) is 0 Å². The molecule has 2 fully saturated rings. The molecule has 0 amide bonds. The van der Waals surface area contributed by atoms with E-state index in [2.05, 4.69) is 6.92 Å². The fourth-order valence-corrected chi connectivity index (χ4v) is 2.57. The summed E-state index contributed by atoms with van der Waals surface area (Å²) in [5.41, 5.74) is 0. The van der Waals surface area contributed by atoms with Gasteiger partial charge in [-0.25, -0.2) is 0 Å². The number of hydrogen-bond acceptors (Lipinski definition) is 3. The summed E-state index contributed by atoms with van der Waals surface area (Å²) in [6.45, 7) is 5.60. The van der Waals surface area contributed by atoms with E-state index in [4.69, 9.17) is 14.2 Å². The molecule has 1 saturated carbocycles. The van der Waals surface area contributed by atoms with E-state index in [1.54, 1.807) is 0 Å². The molecule has 0 bridgehead atoms.